The molecule has 0 atom stereocenters. The van der Waals surface area contributed by atoms with Crippen LogP contribution in [0.2, 0.25) is 0 Å². The maximum Gasteiger partial charge on any atom is 0.262 e. The van der Waals surface area contributed by atoms with Crippen LogP contribution in [0.1, 0.15) is 40.3 Å². The zero-order chi connectivity index (χ0) is 22.5. The van der Waals surface area contributed by atoms with Gasteiger partial charge >= 0.3 is 0 Å². The van der Waals surface area contributed by atoms with Crippen molar-refractivity contribution in [2.45, 2.75) is 45.2 Å². The molecule has 1 saturated heterocycles. The average Bonchev–Trinajstić information content (AvgIpc) is 3.40. The molecular formula is C26H31ClN4O2S. The molecule has 4 aromatic rings. The van der Waals surface area contributed by atoms with E-state index in [9.17, 15) is 4.79 Å². The number of thiophene rings is 1. The molecule has 2 aliphatic heterocycles. The Kier molecular flexibility index (Phi) is 6.55. The summed E-state index contributed by atoms with van der Waals surface area (Å²) in [5.41, 5.74) is 4.99. The lowest BCUT2D eigenvalue weighted by atomic mass is 9.89. The summed E-state index contributed by atoms with van der Waals surface area (Å²) in [6, 6.07) is 6.43. The highest BCUT2D eigenvalue weighted by Crippen LogP contribution is 2.35. The van der Waals surface area contributed by atoms with Crippen LogP contribution in [0.4, 0.5) is 0 Å². The van der Waals surface area contributed by atoms with Crippen LogP contribution in [0.5, 0.6) is 0 Å². The third-order valence-corrected chi connectivity index (χ3v) is 8.59. The van der Waals surface area contributed by atoms with Crippen molar-refractivity contribution in [2.75, 3.05) is 33.2 Å². The minimum atomic E-state index is 0. The summed E-state index contributed by atoms with van der Waals surface area (Å²) in [6.45, 7) is 7.76. The van der Waals surface area contributed by atoms with E-state index in [1.807, 2.05) is 10.8 Å². The number of halogens is 1. The molecule has 5 heterocycles. The SMILES string of the molecule is Cc1ccc2occ(C3CCN(CCn4cnc5sc6c(c5c4=O)CCN(C)C6)CC3)c2c1.Cl. The van der Waals surface area contributed by atoms with Crippen molar-refractivity contribution in [3.05, 3.63) is 62.7 Å². The predicted octanol–water partition coefficient (Wildman–Crippen LogP) is 4.80. The highest BCUT2D eigenvalue weighted by atomic mass is 35.5. The summed E-state index contributed by atoms with van der Waals surface area (Å²) in [7, 11) is 2.14. The molecule has 0 spiro atoms. The number of nitrogens with zero attached hydrogens (tertiary/aromatic N) is 4. The van der Waals surface area contributed by atoms with Crippen LogP contribution < -0.4 is 5.56 Å². The molecule has 34 heavy (non-hydrogen) atoms. The molecule has 0 radical (unpaired) electrons. The quantitative estimate of drug-likeness (QED) is 0.404. The molecule has 0 aliphatic carbocycles. The summed E-state index contributed by atoms with van der Waals surface area (Å²) in [4.78, 5) is 24.9. The van der Waals surface area contributed by atoms with Gasteiger partial charge in [0.25, 0.3) is 5.56 Å². The van der Waals surface area contributed by atoms with E-state index >= 15 is 0 Å². The van der Waals surface area contributed by atoms with Crippen molar-refractivity contribution in [3.8, 4) is 0 Å². The predicted molar refractivity (Wildman–Crippen MR) is 141 cm³/mol. The van der Waals surface area contributed by atoms with E-state index < -0.39 is 0 Å². The molecule has 2 aliphatic rings. The maximum absolute atomic E-state index is 13.3. The van der Waals surface area contributed by atoms with Gasteiger partial charge in [-0.1, -0.05) is 11.6 Å². The number of hydrogen-bond acceptors (Lipinski definition) is 6. The van der Waals surface area contributed by atoms with Gasteiger partial charge in [0.1, 0.15) is 10.4 Å². The van der Waals surface area contributed by atoms with Gasteiger partial charge in [0.05, 0.1) is 18.0 Å². The second kappa shape index (κ2) is 9.46. The van der Waals surface area contributed by atoms with Crippen LogP contribution in [0.3, 0.4) is 0 Å². The fourth-order valence-corrected chi connectivity index (χ4v) is 6.76. The molecule has 180 valence electrons. The Morgan fingerprint density at radius 3 is 2.82 bits per heavy atom. The average molecular weight is 499 g/mol. The number of rotatable bonds is 4. The largest absolute Gasteiger partial charge is 0.464 e. The summed E-state index contributed by atoms with van der Waals surface area (Å²) in [6.07, 6.45) is 6.91. The third-order valence-electron chi connectivity index (χ3n) is 7.46. The lowest BCUT2D eigenvalue weighted by Gasteiger charge is -2.31. The number of aryl methyl sites for hydroxylation is 1. The van der Waals surface area contributed by atoms with Gasteiger partial charge in [-0.2, -0.15) is 0 Å². The van der Waals surface area contributed by atoms with Gasteiger partial charge in [0, 0.05) is 42.0 Å². The van der Waals surface area contributed by atoms with E-state index in [0.717, 1.165) is 67.8 Å². The molecule has 0 amide bonds. The van der Waals surface area contributed by atoms with Gasteiger partial charge in [0.2, 0.25) is 0 Å². The number of likely N-dealkylation sites (tertiary alicyclic amines) is 1. The van der Waals surface area contributed by atoms with Gasteiger partial charge in [-0.25, -0.2) is 4.98 Å². The Balaban J connectivity index is 0.00000241. The van der Waals surface area contributed by atoms with Crippen LogP contribution in [0.15, 0.2) is 40.0 Å². The molecule has 6 nitrogen and oxygen atoms in total. The minimum absolute atomic E-state index is 0. The lowest BCUT2D eigenvalue weighted by Crippen LogP contribution is -2.36. The van der Waals surface area contributed by atoms with Gasteiger partial charge in [0.15, 0.2) is 0 Å². The first kappa shape index (κ1) is 23.5. The lowest BCUT2D eigenvalue weighted by molar-refractivity contribution is 0.204. The van der Waals surface area contributed by atoms with E-state index in [4.69, 9.17) is 4.42 Å². The van der Waals surface area contributed by atoms with E-state index in [1.165, 1.54) is 27.0 Å². The van der Waals surface area contributed by atoms with Crippen molar-refractivity contribution in [3.63, 3.8) is 0 Å². The maximum atomic E-state index is 13.3. The molecule has 6 rings (SSSR count). The molecule has 0 saturated carbocycles. The Hall–Kier alpha value is -2.19. The Labute approximate surface area is 209 Å². The minimum Gasteiger partial charge on any atom is -0.464 e. The van der Waals surface area contributed by atoms with Gasteiger partial charge in [-0.15, -0.1) is 23.7 Å². The van der Waals surface area contributed by atoms with E-state index in [1.54, 1.807) is 17.7 Å². The molecule has 0 unspecified atom stereocenters. The van der Waals surface area contributed by atoms with Crippen molar-refractivity contribution in [1.82, 2.24) is 19.4 Å². The second-order valence-corrected chi connectivity index (χ2v) is 10.8. The van der Waals surface area contributed by atoms with Crippen molar-refractivity contribution >= 4 is 44.9 Å². The van der Waals surface area contributed by atoms with Gasteiger partial charge in [-0.3, -0.25) is 9.36 Å². The monoisotopic (exact) mass is 498 g/mol. The van der Waals surface area contributed by atoms with Crippen molar-refractivity contribution in [2.24, 2.45) is 0 Å². The van der Waals surface area contributed by atoms with Gasteiger partial charge in [-0.05, 0) is 69.9 Å². The molecule has 3 aromatic heterocycles. The third kappa shape index (κ3) is 4.19. The van der Waals surface area contributed by atoms with Crippen LogP contribution in [-0.2, 0) is 19.5 Å². The molecule has 0 bridgehead atoms. The number of likely N-dealkylation sites (N-methyl/N-ethyl adjacent to an activating group) is 1. The van der Waals surface area contributed by atoms with Gasteiger partial charge < -0.3 is 14.2 Å². The number of hydrogen-bond donors (Lipinski definition) is 0. The molecule has 1 aromatic carbocycles. The van der Waals surface area contributed by atoms with Crippen molar-refractivity contribution in [1.29, 1.82) is 0 Å². The number of fused-ring (bicyclic) bond motifs is 4. The second-order valence-electron chi connectivity index (χ2n) is 9.72. The highest BCUT2D eigenvalue weighted by molar-refractivity contribution is 7.18. The first-order chi connectivity index (χ1) is 16.1. The molecule has 8 heteroatoms. The summed E-state index contributed by atoms with van der Waals surface area (Å²) in [5, 5.41) is 2.14. The number of piperidine rings is 1. The van der Waals surface area contributed by atoms with Crippen LogP contribution in [-0.4, -0.2) is 52.6 Å². The number of aromatic nitrogens is 2. The van der Waals surface area contributed by atoms with E-state index in [-0.39, 0.29) is 18.0 Å². The summed E-state index contributed by atoms with van der Waals surface area (Å²) < 4.78 is 7.64. The first-order valence-electron chi connectivity index (χ1n) is 11.9. The Morgan fingerprint density at radius 2 is 2.00 bits per heavy atom. The number of furan rings is 1. The zero-order valence-electron chi connectivity index (χ0n) is 19.7. The summed E-state index contributed by atoms with van der Waals surface area (Å²) in [5.74, 6) is 0.542. The molecule has 1 fully saturated rings. The Morgan fingerprint density at radius 1 is 1.18 bits per heavy atom. The highest BCUT2D eigenvalue weighted by Gasteiger charge is 2.25. The molecule has 0 N–H and O–H groups in total. The Bertz CT molecular complexity index is 1380. The number of benzene rings is 1. The normalized spacial score (nSPS) is 17.8. The van der Waals surface area contributed by atoms with Crippen LogP contribution >= 0.6 is 23.7 Å². The zero-order valence-corrected chi connectivity index (χ0v) is 21.4. The van der Waals surface area contributed by atoms with Crippen molar-refractivity contribution < 1.29 is 4.42 Å². The van der Waals surface area contributed by atoms with E-state index in [2.05, 4.69) is 47.0 Å². The fraction of sp³-hybridized carbons (Fsp3) is 0.462. The van der Waals surface area contributed by atoms with Crippen LogP contribution in [0.25, 0.3) is 21.2 Å². The fourth-order valence-electron chi connectivity index (χ4n) is 5.50. The smallest absolute Gasteiger partial charge is 0.262 e. The molecular weight excluding hydrogens is 468 g/mol. The first-order valence-corrected chi connectivity index (χ1v) is 12.8. The summed E-state index contributed by atoms with van der Waals surface area (Å²) >= 11 is 1.69. The topological polar surface area (TPSA) is 54.5 Å². The van der Waals surface area contributed by atoms with Crippen LogP contribution in [0, 0.1) is 6.92 Å². The standard InChI is InChI=1S/C26H30N4O2S.ClH/c1-17-3-4-22-20(13-17)21(15-32-22)18-5-9-29(10-6-18)11-12-30-16-27-25-24(26(30)31)19-7-8-28(2)14-23(19)33-25;/h3-4,13,15-16,18H,5-12,14H2,1-2H3;1H. The van der Waals surface area contributed by atoms with E-state index in [0.29, 0.717) is 12.5 Å².